The van der Waals surface area contributed by atoms with Crippen molar-refractivity contribution >= 4 is 29.2 Å². The Bertz CT molecular complexity index is 1350. The number of carbonyl (C=O) groups is 3. The summed E-state index contributed by atoms with van der Waals surface area (Å²) in [5.41, 5.74) is 0.731. The number of ether oxygens (including phenoxy) is 2. The van der Waals surface area contributed by atoms with Crippen LogP contribution in [-0.4, -0.2) is 49.4 Å². The van der Waals surface area contributed by atoms with Crippen LogP contribution in [0.1, 0.15) is 36.8 Å². The molecular weight excluding hydrogens is 531 g/mol. The van der Waals surface area contributed by atoms with E-state index in [2.05, 4.69) is 20.7 Å². The van der Waals surface area contributed by atoms with Crippen molar-refractivity contribution in [2.75, 3.05) is 23.4 Å². The molecule has 0 aliphatic carbocycles. The quantitative estimate of drug-likeness (QED) is 0.384. The van der Waals surface area contributed by atoms with Gasteiger partial charge in [0, 0.05) is 48.7 Å². The van der Waals surface area contributed by atoms with Gasteiger partial charge in [0.15, 0.2) is 0 Å². The summed E-state index contributed by atoms with van der Waals surface area (Å²) in [6.45, 7) is 2.29. The molecule has 3 aliphatic heterocycles. The number of hydrogen-bond acceptors (Lipinski definition) is 6. The molecule has 3 atom stereocenters. The zero-order valence-electron chi connectivity index (χ0n) is 20.5. The fourth-order valence-electron chi connectivity index (χ4n) is 5.13. The van der Waals surface area contributed by atoms with Crippen LogP contribution in [0.4, 0.5) is 38.1 Å². The van der Waals surface area contributed by atoms with Crippen molar-refractivity contribution in [1.82, 2.24) is 10.6 Å². The lowest BCUT2D eigenvalue weighted by Gasteiger charge is -2.48. The molecule has 4 amide bonds. The van der Waals surface area contributed by atoms with Crippen LogP contribution in [0.25, 0.3) is 0 Å². The van der Waals surface area contributed by atoms with Gasteiger partial charge in [-0.25, -0.2) is 13.6 Å². The molecular formula is C25H23F5N4O5. The maximum Gasteiger partial charge on any atom is 0.573 e. The van der Waals surface area contributed by atoms with Gasteiger partial charge in [-0.1, -0.05) is 0 Å². The van der Waals surface area contributed by atoms with Crippen molar-refractivity contribution in [3.63, 3.8) is 0 Å². The molecule has 3 N–H and O–H groups in total. The molecule has 5 rings (SSSR count). The van der Waals surface area contributed by atoms with Gasteiger partial charge in [0.05, 0.1) is 29.9 Å². The Balaban J connectivity index is 1.27. The predicted molar refractivity (Wildman–Crippen MR) is 127 cm³/mol. The Morgan fingerprint density at radius 1 is 1.15 bits per heavy atom. The highest BCUT2D eigenvalue weighted by atomic mass is 19.4. The molecule has 39 heavy (non-hydrogen) atoms. The number of imide groups is 1. The van der Waals surface area contributed by atoms with E-state index in [1.54, 1.807) is 11.8 Å². The number of nitrogens with one attached hydrogen (secondary N) is 3. The number of fused-ring (bicyclic) bond motifs is 1. The Morgan fingerprint density at radius 2 is 1.92 bits per heavy atom. The molecule has 0 aromatic heterocycles. The van der Waals surface area contributed by atoms with Crippen LogP contribution in [-0.2, 0) is 16.0 Å². The third-order valence-electron chi connectivity index (χ3n) is 7.05. The second-order valence-electron chi connectivity index (χ2n) is 9.49. The van der Waals surface area contributed by atoms with Crippen LogP contribution < -0.4 is 30.3 Å². The number of amides is 4. The largest absolute Gasteiger partial charge is 0.573 e. The van der Waals surface area contributed by atoms with E-state index in [-0.39, 0.29) is 31.0 Å². The summed E-state index contributed by atoms with van der Waals surface area (Å²) < 4.78 is 76.3. The van der Waals surface area contributed by atoms with E-state index in [1.807, 2.05) is 0 Å². The number of halogens is 5. The molecule has 3 heterocycles. The lowest BCUT2D eigenvalue weighted by atomic mass is 9.85. The summed E-state index contributed by atoms with van der Waals surface area (Å²) in [6, 6.07) is 1.84. The monoisotopic (exact) mass is 554 g/mol. The van der Waals surface area contributed by atoms with Gasteiger partial charge in [-0.2, -0.15) is 0 Å². The standard InChI is InChI=1S/C25H23F5N4O5/c1-11-18(32-24(37)31-17-8-12(2-4-15(17)26)39-25(28,29)30)10-34(11)19-9-16(27)21(13-6-7-38-22(13)19)14-3-5-20(35)33-23(14)36/h2,4,8-9,11,14,18H,3,5-7,10H2,1H3,(H2,31,32,37)(H,33,35,36)/t11-,14-,18+/m1/s1. The van der Waals surface area contributed by atoms with Gasteiger partial charge in [0.1, 0.15) is 23.1 Å². The highest BCUT2D eigenvalue weighted by molar-refractivity contribution is 6.01. The number of benzene rings is 2. The molecule has 0 radical (unpaired) electrons. The van der Waals surface area contributed by atoms with Crippen molar-refractivity contribution in [3.8, 4) is 11.5 Å². The maximum absolute atomic E-state index is 15.4. The van der Waals surface area contributed by atoms with E-state index in [1.165, 1.54) is 6.07 Å². The van der Waals surface area contributed by atoms with Gasteiger partial charge in [0.25, 0.3) is 0 Å². The first-order chi connectivity index (χ1) is 18.4. The van der Waals surface area contributed by atoms with E-state index in [4.69, 9.17) is 4.74 Å². The normalized spacial score (nSPS) is 22.4. The van der Waals surface area contributed by atoms with Crippen molar-refractivity contribution in [3.05, 3.63) is 47.0 Å². The predicted octanol–water partition coefficient (Wildman–Crippen LogP) is 3.72. The number of anilines is 2. The van der Waals surface area contributed by atoms with Gasteiger partial charge < -0.3 is 25.0 Å². The highest BCUT2D eigenvalue weighted by Crippen LogP contribution is 2.46. The van der Waals surface area contributed by atoms with Crippen LogP contribution in [0.5, 0.6) is 11.5 Å². The number of nitrogens with zero attached hydrogens (tertiary/aromatic N) is 1. The number of urea groups is 1. The topological polar surface area (TPSA) is 109 Å². The third-order valence-corrected chi connectivity index (χ3v) is 7.05. The second kappa shape index (κ2) is 9.89. The fraction of sp³-hybridized carbons (Fsp3) is 0.400. The molecule has 208 valence electrons. The Kier molecular flexibility index (Phi) is 6.72. The fourth-order valence-corrected chi connectivity index (χ4v) is 5.13. The van der Waals surface area contributed by atoms with Gasteiger partial charge in [-0.3, -0.25) is 14.9 Å². The Hall–Kier alpha value is -4.10. The highest BCUT2D eigenvalue weighted by Gasteiger charge is 2.42. The molecule has 0 spiro atoms. The lowest BCUT2D eigenvalue weighted by Crippen LogP contribution is -2.66. The lowest BCUT2D eigenvalue weighted by molar-refractivity contribution is -0.274. The molecule has 2 aromatic rings. The van der Waals surface area contributed by atoms with E-state index in [9.17, 15) is 31.9 Å². The van der Waals surface area contributed by atoms with E-state index < -0.39 is 59.2 Å². The number of carbonyl (C=O) groups excluding carboxylic acids is 3. The van der Waals surface area contributed by atoms with Crippen molar-refractivity contribution in [1.29, 1.82) is 0 Å². The van der Waals surface area contributed by atoms with E-state index in [0.717, 1.165) is 12.1 Å². The molecule has 0 bridgehead atoms. The van der Waals surface area contributed by atoms with Crippen LogP contribution in [0.2, 0.25) is 0 Å². The summed E-state index contributed by atoms with van der Waals surface area (Å²) >= 11 is 0. The van der Waals surface area contributed by atoms with Gasteiger partial charge >= 0.3 is 12.4 Å². The summed E-state index contributed by atoms with van der Waals surface area (Å²) in [5, 5.41) is 7.05. The molecule has 2 fully saturated rings. The van der Waals surface area contributed by atoms with E-state index in [0.29, 0.717) is 36.1 Å². The Labute approximate surface area is 218 Å². The minimum Gasteiger partial charge on any atom is -0.491 e. The molecule has 0 unspecified atom stereocenters. The zero-order valence-corrected chi connectivity index (χ0v) is 20.5. The van der Waals surface area contributed by atoms with Crippen LogP contribution in [0.3, 0.4) is 0 Å². The molecule has 9 nitrogen and oxygen atoms in total. The molecule has 3 aliphatic rings. The summed E-state index contributed by atoms with van der Waals surface area (Å²) in [4.78, 5) is 38.2. The first kappa shape index (κ1) is 26.5. The molecule has 2 aromatic carbocycles. The average molecular weight is 554 g/mol. The van der Waals surface area contributed by atoms with E-state index >= 15 is 4.39 Å². The van der Waals surface area contributed by atoms with Crippen molar-refractivity contribution < 1.29 is 45.8 Å². The number of alkyl halides is 3. The smallest absolute Gasteiger partial charge is 0.491 e. The first-order valence-electron chi connectivity index (χ1n) is 12.1. The maximum atomic E-state index is 15.4. The van der Waals surface area contributed by atoms with Crippen LogP contribution >= 0.6 is 0 Å². The van der Waals surface area contributed by atoms with Gasteiger partial charge in [-0.15, -0.1) is 13.2 Å². The van der Waals surface area contributed by atoms with Crippen LogP contribution in [0, 0.1) is 11.6 Å². The van der Waals surface area contributed by atoms with Gasteiger partial charge in [-0.05, 0) is 25.5 Å². The molecule has 0 saturated carbocycles. The van der Waals surface area contributed by atoms with Gasteiger partial charge in [0.2, 0.25) is 11.8 Å². The second-order valence-corrected chi connectivity index (χ2v) is 9.49. The number of rotatable bonds is 5. The van der Waals surface area contributed by atoms with Crippen molar-refractivity contribution in [2.24, 2.45) is 0 Å². The molecule has 2 saturated heterocycles. The third kappa shape index (κ3) is 5.27. The first-order valence-corrected chi connectivity index (χ1v) is 12.1. The van der Waals surface area contributed by atoms with Crippen LogP contribution in [0.15, 0.2) is 24.3 Å². The van der Waals surface area contributed by atoms with Crippen molar-refractivity contribution in [2.45, 2.75) is 50.6 Å². The molecule has 14 heteroatoms. The minimum atomic E-state index is -4.98. The Morgan fingerprint density at radius 3 is 2.62 bits per heavy atom. The summed E-state index contributed by atoms with van der Waals surface area (Å²) in [6.07, 6.45) is -4.29. The summed E-state index contributed by atoms with van der Waals surface area (Å²) in [5.74, 6) is -3.56. The SMILES string of the molecule is C[C@@H]1[C@@H](NC(=O)Nc2cc(OC(F)(F)F)ccc2F)CN1c1cc(F)c([C@H]2CCC(=O)NC2=O)c2c1OCC2. The summed E-state index contributed by atoms with van der Waals surface area (Å²) in [7, 11) is 0. The average Bonchev–Trinajstić information content (AvgIpc) is 3.33. The zero-order chi connectivity index (χ0) is 28.1. The minimum absolute atomic E-state index is 0.106. The number of hydrogen-bond donors (Lipinski definition) is 3. The number of piperidine rings is 1.